The lowest BCUT2D eigenvalue weighted by Gasteiger charge is -2.36. The molecule has 22 heavy (non-hydrogen) atoms. The Hall–Kier alpha value is -2.05. The van der Waals surface area contributed by atoms with Gasteiger partial charge in [0.25, 0.3) is 0 Å². The van der Waals surface area contributed by atoms with E-state index in [-0.39, 0.29) is 12.1 Å². The van der Waals surface area contributed by atoms with E-state index in [1.807, 2.05) is 17.9 Å². The van der Waals surface area contributed by atoms with Gasteiger partial charge < -0.3 is 14.5 Å². The summed E-state index contributed by atoms with van der Waals surface area (Å²) in [5.41, 5.74) is 0.994. The Balaban J connectivity index is 1.56. The summed E-state index contributed by atoms with van der Waals surface area (Å²) in [4.78, 5) is 27.3. The van der Waals surface area contributed by atoms with Crippen molar-refractivity contribution < 1.29 is 9.53 Å². The van der Waals surface area contributed by atoms with Gasteiger partial charge in [-0.3, -0.25) is 4.90 Å². The quantitative estimate of drug-likeness (QED) is 0.813. The average Bonchev–Trinajstić information content (AvgIpc) is 3.17. The van der Waals surface area contributed by atoms with Crippen molar-refractivity contribution in [2.75, 3.05) is 49.1 Å². The topological polar surface area (TPSA) is 61.8 Å². The smallest absolute Gasteiger partial charge is 0.410 e. The van der Waals surface area contributed by atoms with Crippen LogP contribution in [0.25, 0.3) is 0 Å². The molecule has 3 fully saturated rings. The van der Waals surface area contributed by atoms with Crippen molar-refractivity contribution in [3.05, 3.63) is 11.8 Å². The van der Waals surface area contributed by atoms with E-state index < -0.39 is 0 Å². The van der Waals surface area contributed by atoms with Crippen molar-refractivity contribution in [3.63, 3.8) is 0 Å². The van der Waals surface area contributed by atoms with Crippen molar-refractivity contribution >= 4 is 17.9 Å². The van der Waals surface area contributed by atoms with Crippen LogP contribution in [0.3, 0.4) is 0 Å². The number of amides is 1. The molecule has 0 unspecified atom stereocenters. The van der Waals surface area contributed by atoms with Gasteiger partial charge in [0.1, 0.15) is 12.4 Å². The fourth-order valence-corrected chi connectivity index (χ4v) is 3.45. The number of nitrogens with zero attached hydrogens (tertiary/aromatic N) is 5. The Bertz CT molecular complexity index is 587. The number of carbonyl (C=O) groups is 1. The van der Waals surface area contributed by atoms with Crippen LogP contribution >= 0.6 is 0 Å². The highest BCUT2D eigenvalue weighted by molar-refractivity contribution is 5.70. The molecule has 0 saturated carbocycles. The Labute approximate surface area is 129 Å². The lowest BCUT2D eigenvalue weighted by Crippen LogP contribution is -2.52. The Morgan fingerprint density at radius 1 is 1.14 bits per heavy atom. The third-order valence-corrected chi connectivity index (χ3v) is 4.66. The molecular weight excluding hydrogens is 282 g/mol. The van der Waals surface area contributed by atoms with Gasteiger partial charge in [-0.1, -0.05) is 0 Å². The summed E-state index contributed by atoms with van der Waals surface area (Å²) < 4.78 is 5.13. The molecule has 1 atom stereocenters. The van der Waals surface area contributed by atoms with E-state index in [0.717, 1.165) is 43.6 Å². The van der Waals surface area contributed by atoms with Gasteiger partial charge >= 0.3 is 6.09 Å². The normalized spacial score (nSPS) is 24.7. The van der Waals surface area contributed by atoms with E-state index in [1.165, 1.54) is 12.8 Å². The molecule has 0 radical (unpaired) electrons. The molecule has 0 bridgehead atoms. The maximum Gasteiger partial charge on any atom is 0.410 e. The van der Waals surface area contributed by atoms with Crippen LogP contribution < -0.4 is 9.80 Å². The van der Waals surface area contributed by atoms with Gasteiger partial charge in [0, 0.05) is 44.5 Å². The molecule has 3 saturated heterocycles. The van der Waals surface area contributed by atoms with E-state index in [4.69, 9.17) is 9.72 Å². The Morgan fingerprint density at radius 2 is 1.95 bits per heavy atom. The molecule has 3 aliphatic heterocycles. The number of carbonyl (C=O) groups excluding carboxylic acids is 1. The molecule has 4 rings (SSSR count). The van der Waals surface area contributed by atoms with Gasteiger partial charge in [-0.15, -0.1) is 0 Å². The minimum atomic E-state index is -0.179. The van der Waals surface area contributed by atoms with Gasteiger partial charge in [0.2, 0.25) is 5.95 Å². The van der Waals surface area contributed by atoms with Crippen LogP contribution in [0, 0.1) is 6.92 Å². The zero-order chi connectivity index (χ0) is 15.1. The number of hydrogen-bond acceptors (Lipinski definition) is 6. The zero-order valence-electron chi connectivity index (χ0n) is 12.9. The maximum atomic E-state index is 11.6. The van der Waals surface area contributed by atoms with E-state index in [0.29, 0.717) is 13.2 Å². The van der Waals surface area contributed by atoms with Crippen LogP contribution in [0.4, 0.5) is 16.6 Å². The SMILES string of the molecule is Cc1cc(N2CCN3C(=O)OC[C@H]3C2)nc(N2CCCC2)n1. The summed E-state index contributed by atoms with van der Waals surface area (Å²) in [7, 11) is 0. The molecule has 1 amide bonds. The van der Waals surface area contributed by atoms with E-state index in [2.05, 4.69) is 14.8 Å². The largest absolute Gasteiger partial charge is 0.447 e. The highest BCUT2D eigenvalue weighted by Gasteiger charge is 2.37. The van der Waals surface area contributed by atoms with Crippen LogP contribution in [-0.2, 0) is 4.74 Å². The number of ether oxygens (including phenoxy) is 1. The second kappa shape index (κ2) is 5.30. The molecule has 1 aromatic heterocycles. The summed E-state index contributed by atoms with van der Waals surface area (Å²) in [6.45, 7) is 6.86. The van der Waals surface area contributed by atoms with Crippen molar-refractivity contribution in [2.24, 2.45) is 0 Å². The maximum absolute atomic E-state index is 11.6. The van der Waals surface area contributed by atoms with Crippen molar-refractivity contribution in [1.82, 2.24) is 14.9 Å². The molecule has 4 heterocycles. The molecule has 0 N–H and O–H groups in total. The molecule has 0 aromatic carbocycles. The lowest BCUT2D eigenvalue weighted by molar-refractivity contribution is 0.157. The van der Waals surface area contributed by atoms with Gasteiger partial charge in [-0.25, -0.2) is 9.78 Å². The van der Waals surface area contributed by atoms with Crippen molar-refractivity contribution in [1.29, 1.82) is 0 Å². The highest BCUT2D eigenvalue weighted by atomic mass is 16.6. The van der Waals surface area contributed by atoms with E-state index in [1.54, 1.807) is 0 Å². The summed E-state index contributed by atoms with van der Waals surface area (Å²) >= 11 is 0. The zero-order valence-corrected chi connectivity index (χ0v) is 12.9. The molecule has 0 aliphatic carbocycles. The number of piperazine rings is 1. The van der Waals surface area contributed by atoms with Gasteiger partial charge in [0.15, 0.2) is 0 Å². The Kier molecular flexibility index (Phi) is 3.28. The van der Waals surface area contributed by atoms with Crippen LogP contribution in [0.15, 0.2) is 6.07 Å². The van der Waals surface area contributed by atoms with E-state index in [9.17, 15) is 4.79 Å². The summed E-state index contributed by atoms with van der Waals surface area (Å²) in [5.74, 6) is 1.81. The fourth-order valence-electron chi connectivity index (χ4n) is 3.45. The van der Waals surface area contributed by atoms with Crippen molar-refractivity contribution in [3.8, 4) is 0 Å². The first kappa shape index (κ1) is 13.6. The number of aryl methyl sites for hydroxylation is 1. The van der Waals surface area contributed by atoms with Gasteiger partial charge in [0.05, 0.1) is 6.04 Å². The first-order valence-corrected chi connectivity index (χ1v) is 8.00. The molecule has 118 valence electrons. The third-order valence-electron chi connectivity index (χ3n) is 4.66. The van der Waals surface area contributed by atoms with Crippen LogP contribution in [-0.4, -0.2) is 66.3 Å². The summed E-state index contributed by atoms with van der Waals surface area (Å²) in [5, 5.41) is 0. The van der Waals surface area contributed by atoms with Gasteiger partial charge in [-0.2, -0.15) is 4.98 Å². The number of cyclic esters (lactones) is 1. The third kappa shape index (κ3) is 2.34. The molecule has 7 heteroatoms. The predicted molar refractivity (Wildman–Crippen MR) is 82.3 cm³/mol. The minimum absolute atomic E-state index is 0.145. The Morgan fingerprint density at radius 3 is 2.77 bits per heavy atom. The number of rotatable bonds is 2. The average molecular weight is 303 g/mol. The van der Waals surface area contributed by atoms with Gasteiger partial charge in [-0.05, 0) is 19.8 Å². The lowest BCUT2D eigenvalue weighted by atomic mass is 10.2. The molecule has 3 aliphatic rings. The second-order valence-electron chi connectivity index (χ2n) is 6.23. The number of hydrogen-bond donors (Lipinski definition) is 0. The highest BCUT2D eigenvalue weighted by Crippen LogP contribution is 2.25. The van der Waals surface area contributed by atoms with Crippen molar-refractivity contribution in [2.45, 2.75) is 25.8 Å². The van der Waals surface area contributed by atoms with E-state index >= 15 is 0 Å². The first-order valence-electron chi connectivity index (χ1n) is 8.00. The standard InChI is InChI=1S/C15H21N5O2/c1-11-8-13(17-14(16-11)18-4-2-3-5-18)19-6-7-20-12(9-19)10-22-15(20)21/h8,12H,2-7,9-10H2,1H3/t12-/m1/s1. The monoisotopic (exact) mass is 303 g/mol. The van der Waals surface area contributed by atoms with Crippen LogP contribution in [0.5, 0.6) is 0 Å². The van der Waals surface area contributed by atoms with Crippen LogP contribution in [0.1, 0.15) is 18.5 Å². The summed E-state index contributed by atoms with van der Waals surface area (Å²) in [6.07, 6.45) is 2.25. The number of aromatic nitrogens is 2. The summed E-state index contributed by atoms with van der Waals surface area (Å²) in [6, 6.07) is 2.18. The first-order chi connectivity index (χ1) is 10.7. The fraction of sp³-hybridized carbons (Fsp3) is 0.667. The second-order valence-corrected chi connectivity index (χ2v) is 6.23. The molecule has 1 aromatic rings. The minimum Gasteiger partial charge on any atom is -0.447 e. The number of anilines is 2. The molecular formula is C15H21N5O2. The molecule has 7 nitrogen and oxygen atoms in total. The van der Waals surface area contributed by atoms with Crippen LogP contribution in [0.2, 0.25) is 0 Å². The number of fused-ring (bicyclic) bond motifs is 1. The molecule has 0 spiro atoms. The predicted octanol–water partition coefficient (Wildman–Crippen LogP) is 1.03.